The summed E-state index contributed by atoms with van der Waals surface area (Å²) in [6, 6.07) is 27.0. The lowest BCUT2D eigenvalue weighted by molar-refractivity contribution is -0.121. The van der Waals surface area contributed by atoms with E-state index in [0.717, 1.165) is 48.2 Å². The normalized spacial score (nSPS) is 22.1. The lowest BCUT2D eigenvalue weighted by atomic mass is 9.87. The monoisotopic (exact) mass is 1050 g/mol. The Bertz CT molecular complexity index is 2790. The second-order valence-electron chi connectivity index (χ2n) is 23.4. The number of nitrogens with zero attached hydrogens (tertiary/aromatic N) is 4. The van der Waals surface area contributed by atoms with Crippen molar-refractivity contribution >= 4 is 41.1 Å². The van der Waals surface area contributed by atoms with Crippen LogP contribution >= 0.6 is 0 Å². The molecule has 4 aromatic carbocycles. The minimum absolute atomic E-state index is 0.0434. The molecular weight excluding hydrogens is 977 g/mol. The van der Waals surface area contributed by atoms with E-state index >= 15 is 0 Å². The molecule has 17 nitrogen and oxygen atoms in total. The molecule has 3 saturated heterocycles. The molecule has 3 fully saturated rings. The zero-order chi connectivity index (χ0) is 54.8. The van der Waals surface area contributed by atoms with Gasteiger partial charge in [0.1, 0.15) is 11.7 Å². The van der Waals surface area contributed by atoms with E-state index in [1.54, 1.807) is 51.1 Å². The zero-order valence-corrected chi connectivity index (χ0v) is 46.0. The van der Waals surface area contributed by atoms with Gasteiger partial charge < -0.3 is 50.4 Å². The van der Waals surface area contributed by atoms with Gasteiger partial charge in [-0.3, -0.25) is 29.0 Å². The molecule has 5 amide bonds. The lowest BCUT2D eigenvalue weighted by Crippen LogP contribution is -2.70. The molecule has 1 spiro atoms. The summed E-state index contributed by atoms with van der Waals surface area (Å²) in [5.74, 6) is -0.464. The average Bonchev–Trinajstić information content (AvgIpc) is 3.66. The van der Waals surface area contributed by atoms with E-state index in [9.17, 15) is 29.1 Å². The maximum atomic E-state index is 14.2. The van der Waals surface area contributed by atoms with Crippen molar-refractivity contribution in [3.05, 3.63) is 107 Å². The number of anilines is 2. The Labute approximate surface area is 453 Å². The van der Waals surface area contributed by atoms with E-state index in [-0.39, 0.29) is 79.3 Å². The fourth-order valence-electron chi connectivity index (χ4n) is 11.3. The number of likely N-dealkylation sites (N-methyl/N-ethyl adjacent to an activating group) is 1. The number of ether oxygens (including phenoxy) is 3. The van der Waals surface area contributed by atoms with Gasteiger partial charge in [0.2, 0.25) is 11.8 Å². The number of piperidine rings is 2. The van der Waals surface area contributed by atoms with Crippen LogP contribution in [-0.4, -0.2) is 150 Å². The number of carbonyl (C=O) groups excluding carboxylic acids is 5. The van der Waals surface area contributed by atoms with Crippen LogP contribution in [0.2, 0.25) is 0 Å². The number of benzene rings is 4. The second kappa shape index (κ2) is 23.2. The molecule has 0 aromatic heterocycles. The van der Waals surface area contributed by atoms with Crippen molar-refractivity contribution in [1.29, 1.82) is 0 Å². The minimum Gasteiger partial charge on any atom is -0.486 e. The first-order valence-electron chi connectivity index (χ1n) is 27.5. The quantitative estimate of drug-likeness (QED) is 0.0884. The Morgan fingerprint density at radius 2 is 1.38 bits per heavy atom. The minimum atomic E-state index is -0.860. The van der Waals surface area contributed by atoms with E-state index < -0.39 is 23.3 Å². The van der Waals surface area contributed by atoms with E-state index in [0.29, 0.717) is 79.6 Å². The van der Waals surface area contributed by atoms with Crippen LogP contribution < -0.4 is 30.7 Å². The second-order valence-corrected chi connectivity index (χ2v) is 23.4. The number of hydrogen-bond donors (Lipinski definition) is 5. The topological polar surface area (TPSA) is 194 Å². The summed E-state index contributed by atoms with van der Waals surface area (Å²) in [5, 5.41) is 23.4. The van der Waals surface area contributed by atoms with Gasteiger partial charge in [-0.05, 0) is 140 Å². The summed E-state index contributed by atoms with van der Waals surface area (Å²) in [4.78, 5) is 76.0. The van der Waals surface area contributed by atoms with E-state index in [1.807, 2.05) is 41.5 Å². The van der Waals surface area contributed by atoms with Gasteiger partial charge >= 0.3 is 6.09 Å². The Hall–Kier alpha value is -6.53. The summed E-state index contributed by atoms with van der Waals surface area (Å²) in [5.41, 5.74) is 4.51. The standard InChI is InChI=1S/C60H78N8O9/c1-37(2)68-36-60(34-66(35-60)58(74)77-59(5,6)7)76-53-47(57(68)73)12-10-14-49(53)64-55(71)45-25-28-62-50(29-45)43-21-19-42(20-22-43)41-17-15-40(16-18-41)31-65(8)32-51-38(3)30-67(39(4)33-69)56(72)46-11-9-13-48(52(46)75-51)63-54(70)44-23-26-61-27-24-44/h9-22,37-39,44-45,50-51,61-62,69H,23-36H2,1-8H3,(H,63,70)(H,64,71)/t38-,39+,45?,50?,51+/m1/s1. The number of hydrogen-bond acceptors (Lipinski definition) is 12. The van der Waals surface area contributed by atoms with Gasteiger partial charge in [-0.25, -0.2) is 4.79 Å². The van der Waals surface area contributed by atoms with Crippen LogP contribution in [0.1, 0.15) is 112 Å². The van der Waals surface area contributed by atoms with Crippen molar-refractivity contribution < 1.29 is 43.3 Å². The van der Waals surface area contributed by atoms with Crippen molar-refractivity contribution in [2.45, 2.75) is 116 Å². The predicted molar refractivity (Wildman–Crippen MR) is 296 cm³/mol. The number of para-hydroxylation sites is 2. The highest BCUT2D eigenvalue weighted by Crippen LogP contribution is 2.42. The van der Waals surface area contributed by atoms with Crippen molar-refractivity contribution in [2.75, 3.05) is 76.6 Å². The first-order valence-corrected chi connectivity index (χ1v) is 27.5. The summed E-state index contributed by atoms with van der Waals surface area (Å²) in [6.07, 6.45) is 1.95. The van der Waals surface area contributed by atoms with Gasteiger partial charge in [0.15, 0.2) is 17.1 Å². The number of aliphatic hydroxyl groups is 1. The molecule has 0 bridgehead atoms. The number of aliphatic hydroxyl groups excluding tert-OH is 1. The number of carbonyl (C=O) groups is 5. The first-order chi connectivity index (χ1) is 36.8. The third kappa shape index (κ3) is 12.6. The summed E-state index contributed by atoms with van der Waals surface area (Å²) >= 11 is 0. The molecule has 5 heterocycles. The molecule has 2 unspecified atom stereocenters. The van der Waals surface area contributed by atoms with Crippen molar-refractivity contribution in [3.63, 3.8) is 0 Å². The maximum Gasteiger partial charge on any atom is 0.410 e. The molecular formula is C60H78N8O9. The van der Waals surface area contributed by atoms with Crippen LogP contribution in [0.15, 0.2) is 84.9 Å². The Kier molecular flexibility index (Phi) is 16.6. The molecule has 4 aromatic rings. The van der Waals surface area contributed by atoms with E-state index in [1.165, 1.54) is 0 Å². The molecule has 5 atom stereocenters. The highest BCUT2D eigenvalue weighted by atomic mass is 16.6. The first kappa shape index (κ1) is 55.2. The zero-order valence-electron chi connectivity index (χ0n) is 46.0. The fraction of sp³-hybridized carbons (Fsp3) is 0.517. The van der Waals surface area contributed by atoms with Crippen molar-refractivity contribution in [2.24, 2.45) is 17.8 Å². The predicted octanol–water partition coefficient (Wildman–Crippen LogP) is 7.56. The Morgan fingerprint density at radius 3 is 2.00 bits per heavy atom. The number of nitrogens with one attached hydrogen (secondary N) is 4. The third-order valence-electron chi connectivity index (χ3n) is 15.8. The Balaban J connectivity index is 0.827. The fourth-order valence-corrected chi connectivity index (χ4v) is 11.3. The molecule has 77 heavy (non-hydrogen) atoms. The van der Waals surface area contributed by atoms with Crippen LogP contribution in [0.5, 0.6) is 11.5 Å². The number of rotatable bonds is 13. The van der Waals surface area contributed by atoms with Crippen LogP contribution in [0.3, 0.4) is 0 Å². The van der Waals surface area contributed by atoms with Crippen molar-refractivity contribution in [3.8, 4) is 22.6 Å². The van der Waals surface area contributed by atoms with Crippen molar-refractivity contribution in [1.82, 2.24) is 30.2 Å². The molecule has 17 heteroatoms. The van der Waals surface area contributed by atoms with Crippen LogP contribution in [0, 0.1) is 17.8 Å². The maximum absolute atomic E-state index is 14.2. The molecule has 0 saturated carbocycles. The van der Waals surface area contributed by atoms with E-state index in [4.69, 9.17) is 14.2 Å². The molecule has 9 rings (SSSR count). The number of fused-ring (bicyclic) bond motifs is 2. The highest BCUT2D eigenvalue weighted by molar-refractivity contribution is 6.03. The average molecular weight is 1060 g/mol. The molecule has 5 N–H and O–H groups in total. The lowest BCUT2D eigenvalue weighted by Gasteiger charge is -2.50. The summed E-state index contributed by atoms with van der Waals surface area (Å²) in [6.45, 7) is 17.7. The summed E-state index contributed by atoms with van der Waals surface area (Å²) < 4.78 is 19.2. The smallest absolute Gasteiger partial charge is 0.410 e. The Morgan fingerprint density at radius 1 is 0.792 bits per heavy atom. The van der Waals surface area contributed by atoms with Gasteiger partial charge in [-0.15, -0.1) is 0 Å². The largest absolute Gasteiger partial charge is 0.486 e. The third-order valence-corrected chi connectivity index (χ3v) is 15.8. The number of likely N-dealkylation sites (tertiary alicyclic amines) is 1. The van der Waals surface area contributed by atoms with Crippen LogP contribution in [0.25, 0.3) is 11.1 Å². The molecule has 0 aliphatic carbocycles. The summed E-state index contributed by atoms with van der Waals surface area (Å²) in [7, 11) is 2.06. The molecule has 5 aliphatic heterocycles. The highest BCUT2D eigenvalue weighted by Gasteiger charge is 2.53. The van der Waals surface area contributed by atoms with Crippen LogP contribution in [-0.2, 0) is 20.9 Å². The number of amides is 5. The van der Waals surface area contributed by atoms with Gasteiger partial charge in [0.25, 0.3) is 11.8 Å². The molecule has 0 radical (unpaired) electrons. The molecule has 412 valence electrons. The van der Waals surface area contributed by atoms with Crippen LogP contribution in [0.4, 0.5) is 16.2 Å². The van der Waals surface area contributed by atoms with E-state index in [2.05, 4.69) is 88.7 Å². The van der Waals surface area contributed by atoms with Gasteiger partial charge in [0, 0.05) is 49.5 Å². The van der Waals surface area contributed by atoms with Gasteiger partial charge in [0.05, 0.1) is 54.8 Å². The van der Waals surface area contributed by atoms with Gasteiger partial charge in [-0.2, -0.15) is 0 Å². The SMILES string of the molecule is CC(C)N1CC2(CN(C(=O)OC(C)(C)C)C2)Oc2c(NC(=O)C3CCNC(c4ccc(-c5ccc(CN(C)C[C@@H]6Oc7c(NC(=O)C8CCNCC8)cccc7C(=O)N([C@@H](C)CO)C[C@H]6C)cc5)cc4)C3)cccc2C1=O. The molecule has 5 aliphatic rings. The van der Waals surface area contributed by atoms with Gasteiger partial charge in [-0.1, -0.05) is 67.6 Å².